The number of nitrogen functional groups attached to an aromatic ring is 1. The van der Waals surface area contributed by atoms with Gasteiger partial charge in [0.15, 0.2) is 0 Å². The van der Waals surface area contributed by atoms with Crippen molar-refractivity contribution in [1.29, 1.82) is 0 Å². The van der Waals surface area contributed by atoms with Crippen LogP contribution in [0.15, 0.2) is 29.1 Å². The highest BCUT2D eigenvalue weighted by Crippen LogP contribution is 2.08. The second-order valence-electron chi connectivity index (χ2n) is 2.99. The van der Waals surface area contributed by atoms with Crippen molar-refractivity contribution in [2.24, 2.45) is 0 Å². The summed E-state index contributed by atoms with van der Waals surface area (Å²) in [6.45, 7) is 0.369. The van der Waals surface area contributed by atoms with Crippen LogP contribution in [0.4, 0.5) is 9.52 Å². The van der Waals surface area contributed by atoms with Gasteiger partial charge in [-0.05, 0) is 29.2 Å². The van der Waals surface area contributed by atoms with E-state index in [1.807, 2.05) is 0 Å². The third-order valence-corrected chi connectivity index (χ3v) is 2.65. The first-order valence-electron chi connectivity index (χ1n) is 4.23. The fraction of sp³-hybridized carbons (Fsp3) is 0.111. The van der Waals surface area contributed by atoms with E-state index in [1.54, 1.807) is 12.1 Å². The number of aromatic nitrogens is 2. The van der Waals surface area contributed by atoms with Gasteiger partial charge in [-0.2, -0.15) is 4.98 Å². The molecule has 0 spiro atoms. The van der Waals surface area contributed by atoms with Gasteiger partial charge >= 0.3 is 5.69 Å². The highest BCUT2D eigenvalue weighted by Gasteiger charge is 2.03. The summed E-state index contributed by atoms with van der Waals surface area (Å²) in [6.07, 6.45) is 0. The van der Waals surface area contributed by atoms with Gasteiger partial charge in [-0.3, -0.25) is 0 Å². The van der Waals surface area contributed by atoms with Crippen LogP contribution in [0.2, 0.25) is 0 Å². The predicted octanol–water partition coefficient (Wildman–Crippen LogP) is 1.07. The lowest BCUT2D eigenvalue weighted by Crippen LogP contribution is -2.15. The maximum atomic E-state index is 12.6. The van der Waals surface area contributed by atoms with E-state index in [1.165, 1.54) is 16.1 Å². The Morgan fingerprint density at radius 1 is 1.40 bits per heavy atom. The van der Waals surface area contributed by atoms with Gasteiger partial charge in [0.05, 0.1) is 6.54 Å². The van der Waals surface area contributed by atoms with Crippen LogP contribution in [-0.2, 0) is 6.54 Å². The molecule has 0 bridgehead atoms. The molecule has 1 aromatic carbocycles. The van der Waals surface area contributed by atoms with E-state index in [-0.39, 0.29) is 16.6 Å². The molecule has 6 heteroatoms. The van der Waals surface area contributed by atoms with E-state index >= 15 is 0 Å². The Bertz CT molecular complexity index is 517. The number of anilines is 1. The Morgan fingerprint density at radius 3 is 2.60 bits per heavy atom. The first-order valence-corrected chi connectivity index (χ1v) is 5.00. The summed E-state index contributed by atoms with van der Waals surface area (Å²) >= 11 is 1.09. The standard InChI is InChI=1S/C9H8FN3OS/c10-7-3-1-6(2-4-7)5-13-9(14)12-8(11)15-13/h1-4H,5H2,(H2,11,12,14). The number of benzene rings is 1. The predicted molar refractivity (Wildman–Crippen MR) is 56.3 cm³/mol. The summed E-state index contributed by atoms with van der Waals surface area (Å²) in [5.41, 5.74) is 5.85. The topological polar surface area (TPSA) is 60.9 Å². The number of hydrogen-bond donors (Lipinski definition) is 1. The first kappa shape index (κ1) is 9.85. The monoisotopic (exact) mass is 225 g/mol. The SMILES string of the molecule is Nc1nc(=O)n(Cc2ccc(F)cc2)s1. The molecule has 4 nitrogen and oxygen atoms in total. The molecule has 0 radical (unpaired) electrons. The molecule has 0 aliphatic carbocycles. The number of hydrogen-bond acceptors (Lipinski definition) is 4. The van der Waals surface area contributed by atoms with Crippen LogP contribution in [0.3, 0.4) is 0 Å². The Balaban J connectivity index is 2.25. The molecule has 2 rings (SSSR count). The zero-order valence-corrected chi connectivity index (χ0v) is 8.50. The molecule has 0 fully saturated rings. The number of nitrogens with zero attached hydrogens (tertiary/aromatic N) is 2. The van der Waals surface area contributed by atoms with Crippen molar-refractivity contribution in [2.45, 2.75) is 6.54 Å². The molecule has 2 aromatic rings. The maximum absolute atomic E-state index is 12.6. The average Bonchev–Trinajstić information content (AvgIpc) is 2.49. The van der Waals surface area contributed by atoms with Crippen molar-refractivity contribution in [3.8, 4) is 0 Å². The van der Waals surface area contributed by atoms with Gasteiger partial charge in [0.25, 0.3) is 0 Å². The van der Waals surface area contributed by atoms with Crippen molar-refractivity contribution >= 4 is 16.7 Å². The molecule has 0 aliphatic rings. The van der Waals surface area contributed by atoms with Crippen molar-refractivity contribution in [3.05, 3.63) is 46.1 Å². The highest BCUT2D eigenvalue weighted by molar-refractivity contribution is 7.10. The molecule has 0 aliphatic heterocycles. The lowest BCUT2D eigenvalue weighted by Gasteiger charge is -1.99. The van der Waals surface area contributed by atoms with Gasteiger partial charge in [0.2, 0.25) is 5.13 Å². The summed E-state index contributed by atoms with van der Waals surface area (Å²) in [5, 5.41) is 0.238. The quantitative estimate of drug-likeness (QED) is 0.831. The van der Waals surface area contributed by atoms with E-state index in [0.717, 1.165) is 17.1 Å². The fourth-order valence-corrected chi connectivity index (χ4v) is 1.86. The minimum atomic E-state index is -0.373. The third kappa shape index (κ3) is 2.21. The minimum Gasteiger partial charge on any atom is -0.374 e. The Morgan fingerprint density at radius 2 is 2.07 bits per heavy atom. The third-order valence-electron chi connectivity index (χ3n) is 1.86. The van der Waals surface area contributed by atoms with E-state index < -0.39 is 0 Å². The molecule has 78 valence electrons. The summed E-state index contributed by atoms with van der Waals surface area (Å²) in [4.78, 5) is 14.8. The van der Waals surface area contributed by atoms with Gasteiger partial charge in [0, 0.05) is 0 Å². The van der Waals surface area contributed by atoms with Crippen LogP contribution < -0.4 is 11.4 Å². The summed E-state index contributed by atoms with van der Waals surface area (Å²) < 4.78 is 14.0. The van der Waals surface area contributed by atoms with E-state index in [9.17, 15) is 9.18 Å². The van der Waals surface area contributed by atoms with Gasteiger partial charge < -0.3 is 5.73 Å². The molecular formula is C9H8FN3OS. The lowest BCUT2D eigenvalue weighted by atomic mass is 10.2. The van der Waals surface area contributed by atoms with Crippen LogP contribution in [0.25, 0.3) is 0 Å². The van der Waals surface area contributed by atoms with Crippen molar-refractivity contribution in [2.75, 3.05) is 5.73 Å². The lowest BCUT2D eigenvalue weighted by molar-refractivity contribution is 0.626. The van der Waals surface area contributed by atoms with Gasteiger partial charge in [-0.1, -0.05) is 12.1 Å². The van der Waals surface area contributed by atoms with Crippen LogP contribution in [-0.4, -0.2) is 8.94 Å². The molecule has 1 aromatic heterocycles. The second-order valence-corrected chi connectivity index (χ2v) is 4.03. The maximum Gasteiger partial charge on any atom is 0.360 e. The highest BCUT2D eigenvalue weighted by atomic mass is 32.1. The smallest absolute Gasteiger partial charge is 0.360 e. The number of nitrogens with two attached hydrogens (primary N) is 1. The van der Waals surface area contributed by atoms with Crippen LogP contribution in [0.1, 0.15) is 5.56 Å². The van der Waals surface area contributed by atoms with Crippen LogP contribution >= 0.6 is 11.5 Å². The zero-order chi connectivity index (χ0) is 10.8. The molecule has 0 unspecified atom stereocenters. The van der Waals surface area contributed by atoms with Gasteiger partial charge in [-0.15, -0.1) is 0 Å². The Kier molecular flexibility index (Phi) is 2.51. The van der Waals surface area contributed by atoms with Crippen molar-refractivity contribution in [3.63, 3.8) is 0 Å². The van der Waals surface area contributed by atoms with E-state index in [0.29, 0.717) is 6.54 Å². The molecule has 0 saturated heterocycles. The zero-order valence-electron chi connectivity index (χ0n) is 7.68. The minimum absolute atomic E-state index is 0.238. The normalized spacial score (nSPS) is 10.5. The van der Waals surface area contributed by atoms with Crippen LogP contribution in [0.5, 0.6) is 0 Å². The largest absolute Gasteiger partial charge is 0.374 e. The summed E-state index contributed by atoms with van der Waals surface area (Å²) in [5.74, 6) is -0.296. The molecular weight excluding hydrogens is 217 g/mol. The van der Waals surface area contributed by atoms with E-state index in [2.05, 4.69) is 4.98 Å². The Labute approximate surface area is 89.0 Å². The average molecular weight is 225 g/mol. The van der Waals surface area contributed by atoms with Crippen molar-refractivity contribution < 1.29 is 4.39 Å². The first-order chi connectivity index (χ1) is 7.15. The molecule has 0 saturated carbocycles. The molecule has 0 atom stereocenters. The van der Waals surface area contributed by atoms with Gasteiger partial charge in [-0.25, -0.2) is 13.1 Å². The van der Waals surface area contributed by atoms with Crippen LogP contribution in [0, 0.1) is 5.82 Å². The summed E-state index contributed by atoms with van der Waals surface area (Å²) in [6, 6.07) is 5.95. The number of rotatable bonds is 2. The molecule has 0 amide bonds. The molecule has 15 heavy (non-hydrogen) atoms. The molecule has 2 N–H and O–H groups in total. The summed E-state index contributed by atoms with van der Waals surface area (Å²) in [7, 11) is 0. The number of halogens is 1. The van der Waals surface area contributed by atoms with Gasteiger partial charge in [0.1, 0.15) is 5.82 Å². The van der Waals surface area contributed by atoms with Crippen molar-refractivity contribution in [1.82, 2.24) is 8.94 Å². The second kappa shape index (κ2) is 3.82. The Hall–Kier alpha value is -1.69. The van der Waals surface area contributed by atoms with E-state index in [4.69, 9.17) is 5.73 Å². The molecule has 1 heterocycles. The fourth-order valence-electron chi connectivity index (χ4n) is 1.18.